The van der Waals surface area contributed by atoms with Crippen LogP contribution in [0.15, 0.2) is 12.3 Å². The number of alkyl halides is 3. The van der Waals surface area contributed by atoms with Crippen LogP contribution in [-0.4, -0.2) is 48.3 Å². The third-order valence-electron chi connectivity index (χ3n) is 2.86. The molecule has 0 saturated carbocycles. The molecule has 1 rings (SSSR count). The van der Waals surface area contributed by atoms with Crippen molar-refractivity contribution < 1.29 is 32.6 Å². The number of methoxy groups -OCH3 is 1. The van der Waals surface area contributed by atoms with E-state index >= 15 is 0 Å². The molecular weight excluding hydrogens is 355 g/mol. The van der Waals surface area contributed by atoms with Crippen LogP contribution < -0.4 is 10.6 Å². The molecule has 0 fully saturated rings. The lowest BCUT2D eigenvalue weighted by atomic mass is 10.2. The van der Waals surface area contributed by atoms with Crippen molar-refractivity contribution in [2.45, 2.75) is 18.7 Å². The topological polar surface area (TPSA) is 101 Å². The van der Waals surface area contributed by atoms with Crippen molar-refractivity contribution in [2.75, 3.05) is 25.5 Å². The van der Waals surface area contributed by atoms with Crippen LogP contribution >= 0.6 is 11.6 Å². The average molecular weight is 370 g/mol. The predicted molar refractivity (Wildman–Crippen MR) is 78.8 cm³/mol. The molecule has 1 aromatic heterocycles. The number of aromatic nitrogens is 1. The van der Waals surface area contributed by atoms with Crippen LogP contribution in [0.4, 0.5) is 19.0 Å². The molecule has 0 spiro atoms. The van der Waals surface area contributed by atoms with E-state index in [9.17, 15) is 22.8 Å². The Kier molecular flexibility index (Phi) is 7.23. The van der Waals surface area contributed by atoms with Gasteiger partial charge in [-0.2, -0.15) is 13.2 Å². The van der Waals surface area contributed by atoms with E-state index in [-0.39, 0.29) is 30.4 Å². The summed E-state index contributed by atoms with van der Waals surface area (Å²) in [6.07, 6.45) is -5.14. The van der Waals surface area contributed by atoms with Gasteiger partial charge in [-0.25, -0.2) is 9.78 Å². The number of aliphatic carboxylic acids is 1. The van der Waals surface area contributed by atoms with Crippen molar-refractivity contribution >= 4 is 29.3 Å². The molecule has 0 aliphatic carbocycles. The molecular formula is C13H15ClF3N3O4. The lowest BCUT2D eigenvalue weighted by Crippen LogP contribution is -2.38. The Labute approximate surface area is 140 Å². The summed E-state index contributed by atoms with van der Waals surface area (Å²) in [5.41, 5.74) is -0.977. The number of nitrogens with one attached hydrogen (secondary N) is 2. The van der Waals surface area contributed by atoms with Crippen LogP contribution in [0.2, 0.25) is 5.02 Å². The zero-order valence-corrected chi connectivity index (χ0v) is 13.2. The van der Waals surface area contributed by atoms with Crippen molar-refractivity contribution in [3.8, 4) is 0 Å². The number of carboxylic acid groups (broad SMARTS) is 1. The van der Waals surface area contributed by atoms with Crippen molar-refractivity contribution in [2.24, 2.45) is 0 Å². The maximum absolute atomic E-state index is 12.5. The van der Waals surface area contributed by atoms with Gasteiger partial charge in [-0.15, -0.1) is 0 Å². The molecule has 3 N–H and O–H groups in total. The first kappa shape index (κ1) is 20.0. The van der Waals surface area contributed by atoms with Gasteiger partial charge < -0.3 is 20.5 Å². The Morgan fingerprint density at radius 2 is 2.12 bits per heavy atom. The summed E-state index contributed by atoms with van der Waals surface area (Å²) in [5, 5.41) is 13.5. The Morgan fingerprint density at radius 1 is 1.46 bits per heavy atom. The van der Waals surface area contributed by atoms with Crippen LogP contribution in [0.1, 0.15) is 12.0 Å². The smallest absolute Gasteiger partial charge is 0.417 e. The first-order chi connectivity index (χ1) is 11.1. The van der Waals surface area contributed by atoms with E-state index < -0.39 is 29.7 Å². The lowest BCUT2D eigenvalue weighted by Gasteiger charge is -2.12. The largest absolute Gasteiger partial charge is 0.479 e. The monoisotopic (exact) mass is 369 g/mol. The molecule has 0 aromatic carbocycles. The summed E-state index contributed by atoms with van der Waals surface area (Å²) < 4.78 is 42.0. The van der Waals surface area contributed by atoms with Gasteiger partial charge >= 0.3 is 12.1 Å². The highest BCUT2D eigenvalue weighted by molar-refractivity contribution is 6.32. The van der Waals surface area contributed by atoms with E-state index in [2.05, 4.69) is 20.4 Å². The number of carboxylic acids is 1. The van der Waals surface area contributed by atoms with Gasteiger partial charge in [0.15, 0.2) is 6.10 Å². The molecule has 1 amide bonds. The molecule has 0 bridgehead atoms. The maximum Gasteiger partial charge on any atom is 0.417 e. The minimum atomic E-state index is -4.54. The SMILES string of the molecule is COC(CNC(=O)CCNc1ncc(C(F)(F)F)cc1Cl)C(=O)O. The van der Waals surface area contributed by atoms with E-state index in [1.807, 2.05) is 0 Å². The summed E-state index contributed by atoms with van der Waals surface area (Å²) >= 11 is 5.70. The van der Waals surface area contributed by atoms with Crippen molar-refractivity contribution in [3.63, 3.8) is 0 Å². The number of carbonyl (C=O) groups is 2. The second-order valence-electron chi connectivity index (χ2n) is 4.60. The normalized spacial score (nSPS) is 12.5. The van der Waals surface area contributed by atoms with Crippen molar-refractivity contribution in [1.29, 1.82) is 0 Å². The highest BCUT2D eigenvalue weighted by Crippen LogP contribution is 2.32. The standard InChI is InChI=1S/C13H15ClF3N3O4/c1-24-9(12(22)23)6-19-10(21)2-3-18-11-8(14)4-7(5-20-11)13(15,16)17/h4-5,9H,2-3,6H2,1H3,(H,18,20)(H,19,21)(H,22,23). The predicted octanol–water partition coefficient (Wildman–Crippen LogP) is 1.77. The first-order valence-electron chi connectivity index (χ1n) is 6.64. The van der Waals surface area contributed by atoms with E-state index in [4.69, 9.17) is 16.7 Å². The zero-order chi connectivity index (χ0) is 18.3. The minimum absolute atomic E-state index is 0.0118. The Balaban J connectivity index is 2.45. The van der Waals surface area contributed by atoms with Crippen LogP contribution in [-0.2, 0) is 20.5 Å². The number of pyridine rings is 1. The van der Waals surface area contributed by atoms with Crippen LogP contribution in [0.25, 0.3) is 0 Å². The Morgan fingerprint density at radius 3 is 2.62 bits per heavy atom. The number of anilines is 1. The van der Waals surface area contributed by atoms with Gasteiger partial charge in [0, 0.05) is 26.3 Å². The summed E-state index contributed by atoms with van der Waals surface area (Å²) in [4.78, 5) is 25.8. The van der Waals surface area contributed by atoms with Crippen molar-refractivity contribution in [1.82, 2.24) is 10.3 Å². The minimum Gasteiger partial charge on any atom is -0.479 e. The summed E-state index contributed by atoms with van der Waals surface area (Å²) in [6, 6.07) is 0.729. The van der Waals surface area contributed by atoms with E-state index in [1.165, 1.54) is 7.11 Å². The number of nitrogens with zero attached hydrogens (tertiary/aromatic N) is 1. The number of hydrogen-bond acceptors (Lipinski definition) is 5. The molecule has 1 aromatic rings. The third kappa shape index (κ3) is 6.20. The zero-order valence-electron chi connectivity index (χ0n) is 12.5. The Hall–Kier alpha value is -2.07. The van der Waals surface area contributed by atoms with Gasteiger partial charge in [-0.05, 0) is 6.07 Å². The Bertz CT molecular complexity index is 598. The molecule has 7 nitrogen and oxygen atoms in total. The summed E-state index contributed by atoms with van der Waals surface area (Å²) in [6.45, 7) is -0.154. The molecule has 134 valence electrons. The lowest BCUT2D eigenvalue weighted by molar-refractivity contribution is -0.148. The van der Waals surface area contributed by atoms with Gasteiger partial charge in [-0.1, -0.05) is 11.6 Å². The molecule has 0 saturated heterocycles. The number of amides is 1. The fraction of sp³-hybridized carbons (Fsp3) is 0.462. The molecule has 24 heavy (non-hydrogen) atoms. The van der Waals surface area contributed by atoms with Gasteiger partial charge in [0.1, 0.15) is 5.82 Å². The van der Waals surface area contributed by atoms with Gasteiger partial charge in [0.2, 0.25) is 5.91 Å². The fourth-order valence-corrected chi connectivity index (χ4v) is 1.82. The average Bonchev–Trinajstić information content (AvgIpc) is 2.48. The number of rotatable bonds is 8. The molecule has 1 unspecified atom stereocenters. The molecule has 1 heterocycles. The number of halogens is 4. The maximum atomic E-state index is 12.5. The fourth-order valence-electron chi connectivity index (χ4n) is 1.58. The van der Waals surface area contributed by atoms with Gasteiger partial charge in [0.05, 0.1) is 17.1 Å². The van der Waals surface area contributed by atoms with Crippen LogP contribution in [0.3, 0.4) is 0 Å². The van der Waals surface area contributed by atoms with Gasteiger partial charge in [-0.3, -0.25) is 4.79 Å². The van der Waals surface area contributed by atoms with E-state index in [0.29, 0.717) is 6.20 Å². The summed E-state index contributed by atoms with van der Waals surface area (Å²) in [5.74, 6) is -1.66. The second-order valence-corrected chi connectivity index (χ2v) is 5.00. The molecule has 0 aliphatic heterocycles. The third-order valence-corrected chi connectivity index (χ3v) is 3.15. The molecule has 11 heteroatoms. The number of carbonyl (C=O) groups excluding carboxylic acids is 1. The molecule has 0 aliphatic rings. The highest BCUT2D eigenvalue weighted by Gasteiger charge is 2.31. The van der Waals surface area contributed by atoms with Crippen LogP contribution in [0, 0.1) is 0 Å². The quantitative estimate of drug-likeness (QED) is 0.645. The number of ether oxygens (including phenoxy) is 1. The van der Waals surface area contributed by atoms with Gasteiger partial charge in [0.25, 0.3) is 0 Å². The molecule has 0 radical (unpaired) electrons. The van der Waals surface area contributed by atoms with E-state index in [1.54, 1.807) is 0 Å². The van der Waals surface area contributed by atoms with E-state index in [0.717, 1.165) is 6.07 Å². The van der Waals surface area contributed by atoms with Crippen molar-refractivity contribution in [3.05, 3.63) is 22.8 Å². The highest BCUT2D eigenvalue weighted by atomic mass is 35.5. The van der Waals surface area contributed by atoms with Crippen LogP contribution in [0.5, 0.6) is 0 Å². The first-order valence-corrected chi connectivity index (χ1v) is 7.02. The second kappa shape index (κ2) is 8.69. The molecule has 1 atom stereocenters. The summed E-state index contributed by atoms with van der Waals surface area (Å²) in [7, 11) is 1.20. The number of hydrogen-bond donors (Lipinski definition) is 3.